The summed E-state index contributed by atoms with van der Waals surface area (Å²) >= 11 is 0. The van der Waals surface area contributed by atoms with E-state index in [4.69, 9.17) is 0 Å². The minimum Gasteiger partial charge on any atom is -0.311 e. The molecule has 2 fully saturated rings. The van der Waals surface area contributed by atoms with Crippen molar-refractivity contribution in [3.8, 4) is 0 Å². The van der Waals surface area contributed by atoms with E-state index in [1.807, 2.05) is 0 Å². The van der Waals surface area contributed by atoms with Gasteiger partial charge in [0.1, 0.15) is 0 Å². The second kappa shape index (κ2) is 5.64. The Morgan fingerprint density at radius 1 is 1.26 bits per heavy atom. The van der Waals surface area contributed by atoms with Crippen LogP contribution in [-0.2, 0) is 0 Å². The van der Waals surface area contributed by atoms with Gasteiger partial charge in [-0.05, 0) is 37.2 Å². The van der Waals surface area contributed by atoms with Crippen LogP contribution in [0.2, 0.25) is 0 Å². The zero-order valence-electron chi connectivity index (χ0n) is 12.2. The van der Waals surface area contributed by atoms with Gasteiger partial charge in [-0.2, -0.15) is 0 Å². The van der Waals surface area contributed by atoms with E-state index in [0.717, 1.165) is 18.4 Å². The molecular formula is C17H26N2. The number of hydrogen-bond donors (Lipinski definition) is 1. The van der Waals surface area contributed by atoms with Crippen molar-refractivity contribution < 1.29 is 0 Å². The van der Waals surface area contributed by atoms with Crippen LogP contribution in [0.4, 0.5) is 0 Å². The first kappa shape index (κ1) is 13.1. The minimum absolute atomic E-state index is 0.554. The molecule has 1 aliphatic carbocycles. The molecule has 19 heavy (non-hydrogen) atoms. The van der Waals surface area contributed by atoms with E-state index in [9.17, 15) is 0 Å². The van der Waals surface area contributed by atoms with Gasteiger partial charge in [0.25, 0.3) is 0 Å². The van der Waals surface area contributed by atoms with Crippen molar-refractivity contribution >= 4 is 0 Å². The summed E-state index contributed by atoms with van der Waals surface area (Å²) in [4.78, 5) is 2.71. The molecule has 3 unspecified atom stereocenters. The smallest absolute Gasteiger partial charge is 0.0473 e. The summed E-state index contributed by atoms with van der Waals surface area (Å²) in [6.45, 7) is 8.26. The van der Waals surface area contributed by atoms with Crippen LogP contribution in [-0.4, -0.2) is 30.6 Å². The average Bonchev–Trinajstić information content (AvgIpc) is 3.24. The monoisotopic (exact) mass is 258 g/mol. The zero-order valence-corrected chi connectivity index (χ0v) is 12.2. The number of piperazine rings is 1. The van der Waals surface area contributed by atoms with Crippen molar-refractivity contribution in [1.29, 1.82) is 0 Å². The van der Waals surface area contributed by atoms with Gasteiger partial charge in [0.15, 0.2) is 0 Å². The molecule has 1 aromatic carbocycles. The Morgan fingerprint density at radius 2 is 2.00 bits per heavy atom. The predicted octanol–water partition coefficient (Wildman–Crippen LogP) is 3.07. The van der Waals surface area contributed by atoms with Crippen LogP contribution in [0.1, 0.15) is 38.3 Å². The molecular weight excluding hydrogens is 232 g/mol. The average molecular weight is 258 g/mol. The van der Waals surface area contributed by atoms with Crippen LogP contribution in [0.25, 0.3) is 0 Å². The minimum atomic E-state index is 0.554. The van der Waals surface area contributed by atoms with Crippen LogP contribution in [0.3, 0.4) is 0 Å². The van der Waals surface area contributed by atoms with E-state index in [1.165, 1.54) is 31.5 Å². The SMILES string of the molecule is CC1CN(CC(C)C2CC2)C(c2ccccc2)CN1. The Balaban J connectivity index is 1.72. The molecule has 1 heterocycles. The van der Waals surface area contributed by atoms with Gasteiger partial charge in [-0.3, -0.25) is 4.90 Å². The maximum Gasteiger partial charge on any atom is 0.0473 e. The van der Waals surface area contributed by atoms with Crippen molar-refractivity contribution in [1.82, 2.24) is 10.2 Å². The maximum absolute atomic E-state index is 3.64. The summed E-state index contributed by atoms with van der Waals surface area (Å²) in [6, 6.07) is 12.2. The van der Waals surface area contributed by atoms with E-state index in [0.29, 0.717) is 12.1 Å². The topological polar surface area (TPSA) is 15.3 Å². The molecule has 2 aliphatic rings. The quantitative estimate of drug-likeness (QED) is 0.893. The van der Waals surface area contributed by atoms with Gasteiger partial charge in [-0.15, -0.1) is 0 Å². The third kappa shape index (κ3) is 3.18. The Kier molecular flexibility index (Phi) is 3.90. The van der Waals surface area contributed by atoms with Gasteiger partial charge in [-0.1, -0.05) is 37.3 Å². The standard InChI is InChI=1S/C17H26N2/c1-13(15-8-9-15)11-19-12-14(2)18-10-17(19)16-6-4-3-5-7-16/h3-7,13-15,17-18H,8-12H2,1-2H3. The Bertz CT molecular complexity index is 399. The van der Waals surface area contributed by atoms with Crippen LogP contribution in [0.15, 0.2) is 30.3 Å². The molecule has 3 rings (SSSR count). The number of benzene rings is 1. The van der Waals surface area contributed by atoms with Crippen molar-refractivity contribution in [2.24, 2.45) is 11.8 Å². The first-order valence-electron chi connectivity index (χ1n) is 7.76. The van der Waals surface area contributed by atoms with Crippen LogP contribution < -0.4 is 5.32 Å². The lowest BCUT2D eigenvalue weighted by Gasteiger charge is -2.41. The lowest BCUT2D eigenvalue weighted by molar-refractivity contribution is 0.113. The molecule has 0 aromatic heterocycles. The van der Waals surface area contributed by atoms with Crippen LogP contribution in [0.5, 0.6) is 0 Å². The number of hydrogen-bond acceptors (Lipinski definition) is 2. The predicted molar refractivity (Wildman–Crippen MR) is 80.1 cm³/mol. The summed E-state index contributed by atoms with van der Waals surface area (Å²) in [5.41, 5.74) is 1.46. The van der Waals surface area contributed by atoms with E-state index < -0.39 is 0 Å². The third-order valence-corrected chi connectivity index (χ3v) is 4.74. The molecule has 1 aromatic rings. The number of rotatable bonds is 4. The van der Waals surface area contributed by atoms with E-state index in [1.54, 1.807) is 0 Å². The van der Waals surface area contributed by atoms with Crippen molar-refractivity contribution in [2.45, 2.75) is 38.8 Å². The molecule has 1 N–H and O–H groups in total. The highest BCUT2D eigenvalue weighted by Crippen LogP contribution is 2.38. The van der Waals surface area contributed by atoms with Crippen molar-refractivity contribution in [3.05, 3.63) is 35.9 Å². The number of nitrogens with zero attached hydrogens (tertiary/aromatic N) is 1. The molecule has 0 bridgehead atoms. The fourth-order valence-electron chi connectivity index (χ4n) is 3.38. The van der Waals surface area contributed by atoms with E-state index in [2.05, 4.69) is 54.4 Å². The summed E-state index contributed by atoms with van der Waals surface area (Å²) in [5, 5.41) is 3.64. The van der Waals surface area contributed by atoms with Crippen molar-refractivity contribution in [2.75, 3.05) is 19.6 Å². The number of nitrogens with one attached hydrogen (secondary N) is 1. The van der Waals surface area contributed by atoms with Gasteiger partial charge in [0.2, 0.25) is 0 Å². The molecule has 2 nitrogen and oxygen atoms in total. The Morgan fingerprint density at radius 3 is 2.68 bits per heavy atom. The van der Waals surface area contributed by atoms with Crippen LogP contribution >= 0.6 is 0 Å². The summed E-state index contributed by atoms with van der Waals surface area (Å²) in [7, 11) is 0. The fraction of sp³-hybridized carbons (Fsp3) is 0.647. The molecule has 1 saturated heterocycles. The summed E-state index contributed by atoms with van der Waals surface area (Å²) in [5.74, 6) is 1.86. The van der Waals surface area contributed by atoms with Gasteiger partial charge >= 0.3 is 0 Å². The van der Waals surface area contributed by atoms with Gasteiger partial charge in [-0.25, -0.2) is 0 Å². The zero-order chi connectivity index (χ0) is 13.2. The lowest BCUT2D eigenvalue weighted by Crippen LogP contribution is -2.52. The second-order valence-corrected chi connectivity index (χ2v) is 6.50. The molecule has 0 amide bonds. The van der Waals surface area contributed by atoms with E-state index in [-0.39, 0.29) is 0 Å². The molecule has 1 aliphatic heterocycles. The highest BCUT2D eigenvalue weighted by Gasteiger charge is 2.33. The first-order valence-corrected chi connectivity index (χ1v) is 7.76. The second-order valence-electron chi connectivity index (χ2n) is 6.50. The first-order chi connectivity index (χ1) is 9.24. The molecule has 2 heteroatoms. The molecule has 0 spiro atoms. The molecule has 0 radical (unpaired) electrons. The summed E-state index contributed by atoms with van der Waals surface area (Å²) in [6.07, 6.45) is 2.91. The molecule has 1 saturated carbocycles. The lowest BCUT2D eigenvalue weighted by atomic mass is 9.98. The van der Waals surface area contributed by atoms with E-state index >= 15 is 0 Å². The van der Waals surface area contributed by atoms with Gasteiger partial charge in [0, 0.05) is 31.7 Å². The molecule has 104 valence electrons. The highest BCUT2D eigenvalue weighted by molar-refractivity contribution is 5.20. The highest BCUT2D eigenvalue weighted by atomic mass is 15.2. The normalized spacial score (nSPS) is 30.2. The van der Waals surface area contributed by atoms with Gasteiger partial charge < -0.3 is 5.32 Å². The van der Waals surface area contributed by atoms with Crippen LogP contribution in [0, 0.1) is 11.8 Å². The van der Waals surface area contributed by atoms with Gasteiger partial charge in [0.05, 0.1) is 0 Å². The third-order valence-electron chi connectivity index (χ3n) is 4.74. The largest absolute Gasteiger partial charge is 0.311 e. The van der Waals surface area contributed by atoms with Crippen molar-refractivity contribution in [3.63, 3.8) is 0 Å². The molecule has 3 atom stereocenters. The Hall–Kier alpha value is -0.860. The maximum atomic E-state index is 3.64. The fourth-order valence-corrected chi connectivity index (χ4v) is 3.38. The Labute approximate surface area is 117 Å². The summed E-state index contributed by atoms with van der Waals surface area (Å²) < 4.78 is 0.